The summed E-state index contributed by atoms with van der Waals surface area (Å²) >= 11 is 0. The summed E-state index contributed by atoms with van der Waals surface area (Å²) in [6.07, 6.45) is 3.16. The Kier molecular flexibility index (Phi) is 9.61. The summed E-state index contributed by atoms with van der Waals surface area (Å²) in [5.41, 5.74) is 14.9. The largest absolute Gasteiger partial charge is 0.248 e. The summed E-state index contributed by atoms with van der Waals surface area (Å²) in [6.45, 7) is 6.59. The predicted octanol–water partition coefficient (Wildman–Crippen LogP) is 12.4. The molecule has 0 atom stereocenters. The van der Waals surface area contributed by atoms with Gasteiger partial charge in [-0.1, -0.05) is 153 Å². The maximum Gasteiger partial charge on any atom is 0.0712 e. The average molecular weight is 594 g/mol. The molecule has 6 aromatic rings. The molecule has 6 aromatic carbocycles. The number of hydrogen-bond donors (Lipinski definition) is 0. The molecule has 0 N–H and O–H groups in total. The fourth-order valence-electron chi connectivity index (χ4n) is 5.70. The van der Waals surface area contributed by atoms with E-state index in [2.05, 4.69) is 191 Å². The fourth-order valence-corrected chi connectivity index (χ4v) is 5.70. The Balaban J connectivity index is 1.50. The number of rotatable bonds is 9. The number of nitrogens with zero attached hydrogens (tertiary/aromatic N) is 1. The molecule has 0 aromatic heterocycles. The van der Waals surface area contributed by atoms with Crippen molar-refractivity contribution in [3.63, 3.8) is 0 Å². The van der Waals surface area contributed by atoms with E-state index in [1.807, 2.05) is 0 Å². The first kappa shape index (κ1) is 30.5. The van der Waals surface area contributed by atoms with Gasteiger partial charge in [-0.3, -0.25) is 0 Å². The van der Waals surface area contributed by atoms with Crippen LogP contribution in [0.5, 0.6) is 0 Å². The van der Waals surface area contributed by atoms with Crippen LogP contribution in [0, 0.1) is 0 Å². The molecule has 0 radical (unpaired) electrons. The molecule has 0 spiro atoms. The Hall–Kier alpha value is -5.53. The van der Waals surface area contributed by atoms with Gasteiger partial charge in [-0.25, -0.2) is 4.99 Å². The predicted molar refractivity (Wildman–Crippen MR) is 199 cm³/mol. The first-order valence-corrected chi connectivity index (χ1v) is 16.0. The zero-order chi connectivity index (χ0) is 31.7. The molecular formula is C45H39N. The fraction of sp³-hybridized carbons (Fsp3) is 0.0889. The molecule has 0 heterocycles. The molecule has 0 amide bonds. The molecule has 1 heteroatoms. The minimum Gasteiger partial charge on any atom is -0.248 e. The van der Waals surface area contributed by atoms with Crippen LogP contribution in [-0.4, -0.2) is 5.71 Å². The highest BCUT2D eigenvalue weighted by molar-refractivity contribution is 6.14. The van der Waals surface area contributed by atoms with Crippen LogP contribution in [-0.2, 0) is 0 Å². The van der Waals surface area contributed by atoms with E-state index in [4.69, 9.17) is 4.99 Å². The number of benzene rings is 6. The Labute approximate surface area is 274 Å². The van der Waals surface area contributed by atoms with Crippen molar-refractivity contribution >= 4 is 17.0 Å². The lowest BCUT2D eigenvalue weighted by Gasteiger charge is -2.14. The molecule has 1 nitrogen and oxygen atoms in total. The van der Waals surface area contributed by atoms with Gasteiger partial charge in [0.05, 0.1) is 11.4 Å². The summed E-state index contributed by atoms with van der Waals surface area (Å²) in [7, 11) is 0. The zero-order valence-electron chi connectivity index (χ0n) is 26.8. The van der Waals surface area contributed by atoms with Crippen LogP contribution < -0.4 is 0 Å². The molecule has 6 rings (SSSR count). The number of hydrogen-bond acceptors (Lipinski definition) is 1. The summed E-state index contributed by atoms with van der Waals surface area (Å²) < 4.78 is 0. The molecule has 0 fully saturated rings. The third-order valence-electron chi connectivity index (χ3n) is 8.45. The Morgan fingerprint density at radius 3 is 1.33 bits per heavy atom. The number of aliphatic imine (C=N–C) groups is 1. The normalized spacial score (nSPS) is 12.5. The lowest BCUT2D eigenvalue weighted by Crippen LogP contribution is -2.01. The summed E-state index contributed by atoms with van der Waals surface area (Å²) in [5, 5.41) is 0. The van der Waals surface area contributed by atoms with Gasteiger partial charge in [0.25, 0.3) is 0 Å². The molecule has 0 unspecified atom stereocenters. The first-order chi connectivity index (χ1) is 22.6. The second kappa shape index (κ2) is 14.5. The van der Waals surface area contributed by atoms with E-state index in [0.29, 0.717) is 0 Å². The molecule has 0 aliphatic rings. The van der Waals surface area contributed by atoms with Gasteiger partial charge < -0.3 is 0 Å². The Morgan fingerprint density at radius 2 is 0.848 bits per heavy atom. The van der Waals surface area contributed by atoms with Crippen molar-refractivity contribution in [1.29, 1.82) is 0 Å². The van der Waals surface area contributed by atoms with Crippen molar-refractivity contribution in [3.05, 3.63) is 192 Å². The maximum atomic E-state index is 5.52. The van der Waals surface area contributed by atoms with Gasteiger partial charge in [0.1, 0.15) is 0 Å². The SMILES string of the molecule is CC\C(C)=C(/N=C(\C=C(/C)c1cccc(-c2ccccc2)c1)c1cccc(-c2ccccc2)c1)c1cccc(-c2ccccc2)c1. The van der Waals surface area contributed by atoms with Gasteiger partial charge >= 0.3 is 0 Å². The Morgan fingerprint density at radius 1 is 0.457 bits per heavy atom. The maximum absolute atomic E-state index is 5.52. The van der Waals surface area contributed by atoms with E-state index >= 15 is 0 Å². The van der Waals surface area contributed by atoms with E-state index in [-0.39, 0.29) is 0 Å². The lowest BCUT2D eigenvalue weighted by atomic mass is 9.96. The average Bonchev–Trinajstić information content (AvgIpc) is 3.14. The highest BCUT2D eigenvalue weighted by atomic mass is 14.8. The molecule has 0 aliphatic carbocycles. The zero-order valence-corrected chi connectivity index (χ0v) is 26.8. The third-order valence-corrected chi connectivity index (χ3v) is 8.45. The quantitative estimate of drug-likeness (QED) is 0.148. The van der Waals surface area contributed by atoms with E-state index in [1.54, 1.807) is 0 Å². The van der Waals surface area contributed by atoms with Crippen molar-refractivity contribution in [3.8, 4) is 33.4 Å². The van der Waals surface area contributed by atoms with E-state index in [9.17, 15) is 0 Å². The molecule has 0 aliphatic heterocycles. The second-order valence-corrected chi connectivity index (χ2v) is 11.6. The van der Waals surface area contributed by atoms with Crippen LogP contribution >= 0.6 is 0 Å². The first-order valence-electron chi connectivity index (χ1n) is 16.0. The van der Waals surface area contributed by atoms with Crippen molar-refractivity contribution < 1.29 is 0 Å². The van der Waals surface area contributed by atoms with Crippen LogP contribution in [0.15, 0.2) is 180 Å². The minimum absolute atomic E-state index is 0.910. The van der Waals surface area contributed by atoms with Crippen molar-refractivity contribution in [2.75, 3.05) is 0 Å². The molecule has 0 saturated carbocycles. The Bertz CT molecular complexity index is 2010. The topological polar surface area (TPSA) is 12.4 Å². The van der Waals surface area contributed by atoms with E-state index in [0.717, 1.165) is 34.5 Å². The van der Waals surface area contributed by atoms with Gasteiger partial charge in [0, 0.05) is 11.1 Å². The minimum atomic E-state index is 0.910. The molecule has 46 heavy (non-hydrogen) atoms. The summed E-state index contributed by atoms with van der Waals surface area (Å²) in [6, 6.07) is 58.0. The van der Waals surface area contributed by atoms with Gasteiger partial charge in [0.2, 0.25) is 0 Å². The molecular weight excluding hydrogens is 555 g/mol. The van der Waals surface area contributed by atoms with Crippen LogP contribution in [0.25, 0.3) is 44.7 Å². The van der Waals surface area contributed by atoms with Gasteiger partial charge in [0.15, 0.2) is 0 Å². The van der Waals surface area contributed by atoms with Crippen LogP contribution in [0.2, 0.25) is 0 Å². The highest BCUT2D eigenvalue weighted by Gasteiger charge is 2.12. The van der Waals surface area contributed by atoms with Gasteiger partial charge in [-0.2, -0.15) is 0 Å². The molecule has 224 valence electrons. The van der Waals surface area contributed by atoms with Crippen LogP contribution in [0.4, 0.5) is 0 Å². The van der Waals surface area contributed by atoms with Gasteiger partial charge in [-0.15, -0.1) is 0 Å². The monoisotopic (exact) mass is 593 g/mol. The van der Waals surface area contributed by atoms with Crippen molar-refractivity contribution in [2.24, 2.45) is 4.99 Å². The highest BCUT2D eigenvalue weighted by Crippen LogP contribution is 2.30. The van der Waals surface area contributed by atoms with Crippen LogP contribution in [0.1, 0.15) is 43.9 Å². The van der Waals surface area contributed by atoms with Crippen molar-refractivity contribution in [1.82, 2.24) is 0 Å². The summed E-state index contributed by atoms with van der Waals surface area (Å²) in [5.74, 6) is 0. The van der Waals surface area contributed by atoms with Crippen molar-refractivity contribution in [2.45, 2.75) is 27.2 Å². The summed E-state index contributed by atoms with van der Waals surface area (Å²) in [4.78, 5) is 5.52. The van der Waals surface area contributed by atoms with E-state index in [1.165, 1.54) is 44.5 Å². The molecule has 0 saturated heterocycles. The third kappa shape index (κ3) is 7.22. The standard InChI is InChI=1S/C45H39N/c1-4-33(2)45(43-28-16-26-41(32-43)37-21-12-7-13-22-37)46-44(42-27-15-25-40(31-42)36-19-10-6-11-20-36)29-34(3)38-23-14-24-39(30-38)35-17-8-5-9-18-35/h5-32H,4H2,1-3H3/b34-29+,45-33-,46-44+. The lowest BCUT2D eigenvalue weighted by molar-refractivity contribution is 1.09. The van der Waals surface area contributed by atoms with E-state index < -0.39 is 0 Å². The molecule has 0 bridgehead atoms. The number of allylic oxidation sites excluding steroid dienone is 3. The second-order valence-electron chi connectivity index (χ2n) is 11.6. The smallest absolute Gasteiger partial charge is 0.0712 e. The van der Waals surface area contributed by atoms with Gasteiger partial charge in [-0.05, 0) is 94.6 Å². The van der Waals surface area contributed by atoms with Crippen LogP contribution in [0.3, 0.4) is 0 Å².